The Bertz CT molecular complexity index is 336. The Hall–Kier alpha value is 0.160. The molecule has 1 aliphatic heterocycles. The number of hydrogen-bond donors (Lipinski definition) is 1. The minimum Gasteiger partial charge on any atom is -0.314 e. The summed E-state index contributed by atoms with van der Waals surface area (Å²) in [6, 6.07) is 0.531. The molecule has 0 unspecified atom stereocenters. The maximum atomic E-state index is 11.9. The van der Waals surface area contributed by atoms with Gasteiger partial charge in [-0.15, -0.1) is 12.4 Å². The SMILES string of the molecule is CCCS(=O)(=O)N1CCC(NCC2CC2)CC1.Cl. The molecule has 0 radical (unpaired) electrons. The van der Waals surface area contributed by atoms with E-state index in [1.54, 1.807) is 4.31 Å². The van der Waals surface area contributed by atoms with Gasteiger partial charge in [0.05, 0.1) is 5.75 Å². The van der Waals surface area contributed by atoms with E-state index in [-0.39, 0.29) is 12.4 Å². The van der Waals surface area contributed by atoms with Gasteiger partial charge in [0.2, 0.25) is 10.0 Å². The topological polar surface area (TPSA) is 49.4 Å². The highest BCUT2D eigenvalue weighted by molar-refractivity contribution is 7.89. The molecule has 6 heteroatoms. The van der Waals surface area contributed by atoms with Gasteiger partial charge >= 0.3 is 0 Å². The minimum atomic E-state index is -2.97. The van der Waals surface area contributed by atoms with Crippen LogP contribution in [0.1, 0.15) is 39.0 Å². The van der Waals surface area contributed by atoms with Crippen LogP contribution in [0.4, 0.5) is 0 Å². The molecule has 0 spiro atoms. The van der Waals surface area contributed by atoms with Crippen molar-refractivity contribution in [1.82, 2.24) is 9.62 Å². The Morgan fingerprint density at radius 2 is 1.78 bits per heavy atom. The highest BCUT2D eigenvalue weighted by Gasteiger charge is 2.28. The molecule has 0 bridgehead atoms. The molecule has 0 aromatic carbocycles. The van der Waals surface area contributed by atoms with E-state index >= 15 is 0 Å². The Balaban J connectivity index is 0.00000162. The van der Waals surface area contributed by atoms with Crippen LogP contribution in [0.5, 0.6) is 0 Å². The van der Waals surface area contributed by atoms with E-state index in [4.69, 9.17) is 0 Å². The van der Waals surface area contributed by atoms with Gasteiger partial charge in [0.1, 0.15) is 0 Å². The lowest BCUT2D eigenvalue weighted by Gasteiger charge is -2.31. The summed E-state index contributed by atoms with van der Waals surface area (Å²) >= 11 is 0. The van der Waals surface area contributed by atoms with E-state index in [1.807, 2.05) is 6.92 Å². The number of halogens is 1. The van der Waals surface area contributed by atoms with Crippen LogP contribution in [-0.4, -0.2) is 44.2 Å². The Morgan fingerprint density at radius 1 is 1.17 bits per heavy atom. The summed E-state index contributed by atoms with van der Waals surface area (Å²) in [4.78, 5) is 0. The third-order valence-corrected chi connectivity index (χ3v) is 5.78. The molecular weight excluding hydrogens is 272 g/mol. The Morgan fingerprint density at radius 3 is 2.28 bits per heavy atom. The zero-order valence-electron chi connectivity index (χ0n) is 11.1. The summed E-state index contributed by atoms with van der Waals surface area (Å²) < 4.78 is 25.4. The summed E-state index contributed by atoms with van der Waals surface area (Å²) in [5.74, 6) is 1.20. The lowest BCUT2D eigenvalue weighted by atomic mass is 10.1. The molecule has 108 valence electrons. The van der Waals surface area contributed by atoms with E-state index < -0.39 is 10.0 Å². The van der Waals surface area contributed by atoms with Crippen molar-refractivity contribution in [1.29, 1.82) is 0 Å². The third kappa shape index (κ3) is 4.68. The maximum absolute atomic E-state index is 11.9. The first-order valence-electron chi connectivity index (χ1n) is 6.83. The van der Waals surface area contributed by atoms with E-state index in [1.165, 1.54) is 12.8 Å². The molecule has 1 N–H and O–H groups in total. The quantitative estimate of drug-likeness (QED) is 0.810. The molecule has 4 nitrogen and oxygen atoms in total. The average Bonchev–Trinajstić information content (AvgIpc) is 3.11. The van der Waals surface area contributed by atoms with E-state index in [9.17, 15) is 8.42 Å². The van der Waals surface area contributed by atoms with Crippen molar-refractivity contribution in [3.8, 4) is 0 Å². The Labute approximate surface area is 117 Å². The summed E-state index contributed by atoms with van der Waals surface area (Å²) in [5, 5.41) is 3.57. The van der Waals surface area contributed by atoms with Gasteiger partial charge in [0.25, 0.3) is 0 Å². The molecule has 18 heavy (non-hydrogen) atoms. The monoisotopic (exact) mass is 296 g/mol. The summed E-state index contributed by atoms with van der Waals surface area (Å²) in [6.07, 6.45) is 5.39. The van der Waals surface area contributed by atoms with Crippen molar-refractivity contribution >= 4 is 22.4 Å². The van der Waals surface area contributed by atoms with Crippen LogP contribution in [-0.2, 0) is 10.0 Å². The smallest absolute Gasteiger partial charge is 0.214 e. The van der Waals surface area contributed by atoms with Gasteiger partial charge in [-0.2, -0.15) is 0 Å². The van der Waals surface area contributed by atoms with Crippen molar-refractivity contribution in [2.45, 2.75) is 45.1 Å². The number of nitrogens with zero attached hydrogens (tertiary/aromatic N) is 1. The number of rotatable bonds is 6. The van der Waals surface area contributed by atoms with E-state index in [0.29, 0.717) is 31.3 Å². The number of piperidine rings is 1. The van der Waals surface area contributed by atoms with Gasteiger partial charge in [-0.3, -0.25) is 0 Å². The fraction of sp³-hybridized carbons (Fsp3) is 1.00. The first-order valence-corrected chi connectivity index (χ1v) is 8.44. The second kappa shape index (κ2) is 7.08. The zero-order valence-corrected chi connectivity index (χ0v) is 12.7. The van der Waals surface area contributed by atoms with Crippen LogP contribution in [0.25, 0.3) is 0 Å². The lowest BCUT2D eigenvalue weighted by molar-refractivity contribution is 0.288. The molecule has 1 saturated heterocycles. The van der Waals surface area contributed by atoms with E-state index in [2.05, 4.69) is 5.32 Å². The first kappa shape index (κ1) is 16.2. The van der Waals surface area contributed by atoms with Crippen LogP contribution in [0.3, 0.4) is 0 Å². The third-order valence-electron chi connectivity index (χ3n) is 3.70. The second-order valence-electron chi connectivity index (χ2n) is 5.34. The van der Waals surface area contributed by atoms with Crippen LogP contribution in [0.2, 0.25) is 0 Å². The molecule has 1 heterocycles. The zero-order chi connectivity index (χ0) is 12.3. The number of hydrogen-bond acceptors (Lipinski definition) is 3. The normalized spacial score (nSPS) is 22.7. The minimum absolute atomic E-state index is 0. The fourth-order valence-electron chi connectivity index (χ4n) is 2.38. The predicted octanol–water partition coefficient (Wildman–Crippen LogP) is 1.61. The second-order valence-corrected chi connectivity index (χ2v) is 7.43. The van der Waals surface area contributed by atoms with Gasteiger partial charge in [-0.1, -0.05) is 6.92 Å². The van der Waals surface area contributed by atoms with E-state index in [0.717, 1.165) is 25.3 Å². The molecular formula is C12H25ClN2O2S. The highest BCUT2D eigenvalue weighted by Crippen LogP contribution is 2.28. The van der Waals surface area contributed by atoms with Crippen LogP contribution >= 0.6 is 12.4 Å². The van der Waals surface area contributed by atoms with Gasteiger partial charge < -0.3 is 5.32 Å². The molecule has 0 aromatic rings. The number of nitrogens with one attached hydrogen (secondary N) is 1. The average molecular weight is 297 g/mol. The van der Waals surface area contributed by atoms with Crippen molar-refractivity contribution < 1.29 is 8.42 Å². The van der Waals surface area contributed by atoms with Gasteiger partial charge in [-0.25, -0.2) is 12.7 Å². The summed E-state index contributed by atoms with van der Waals surface area (Å²) in [7, 11) is -2.97. The molecule has 1 aliphatic carbocycles. The predicted molar refractivity (Wildman–Crippen MR) is 76.6 cm³/mol. The van der Waals surface area contributed by atoms with Crippen molar-refractivity contribution in [3.05, 3.63) is 0 Å². The van der Waals surface area contributed by atoms with Crippen LogP contribution in [0.15, 0.2) is 0 Å². The van der Waals surface area contributed by atoms with Crippen molar-refractivity contribution in [3.63, 3.8) is 0 Å². The molecule has 0 aromatic heterocycles. The molecule has 2 fully saturated rings. The fourth-order valence-corrected chi connectivity index (χ4v) is 3.92. The summed E-state index contributed by atoms with van der Waals surface area (Å²) in [5.41, 5.74) is 0. The maximum Gasteiger partial charge on any atom is 0.214 e. The van der Waals surface area contributed by atoms with Crippen molar-refractivity contribution in [2.75, 3.05) is 25.4 Å². The summed E-state index contributed by atoms with van der Waals surface area (Å²) in [6.45, 7) is 4.45. The molecule has 0 atom stereocenters. The highest BCUT2D eigenvalue weighted by atomic mass is 35.5. The largest absolute Gasteiger partial charge is 0.314 e. The molecule has 2 rings (SSSR count). The first-order chi connectivity index (χ1) is 8.12. The molecule has 0 amide bonds. The molecule has 1 saturated carbocycles. The van der Waals surface area contributed by atoms with Gasteiger partial charge in [0, 0.05) is 19.1 Å². The number of sulfonamides is 1. The molecule has 2 aliphatic rings. The van der Waals surface area contributed by atoms with Crippen LogP contribution < -0.4 is 5.32 Å². The van der Waals surface area contributed by atoms with Crippen molar-refractivity contribution in [2.24, 2.45) is 5.92 Å². The van der Waals surface area contributed by atoms with Gasteiger partial charge in [-0.05, 0) is 44.6 Å². The van der Waals surface area contributed by atoms with Gasteiger partial charge in [0.15, 0.2) is 0 Å². The Kier molecular flexibility index (Phi) is 6.38. The van der Waals surface area contributed by atoms with Crippen LogP contribution in [0, 0.1) is 5.92 Å². The standard InChI is InChI=1S/C12H24N2O2S.ClH/c1-2-9-17(15,16)14-7-5-12(6-8-14)13-10-11-3-4-11;/h11-13H,2-10H2,1H3;1H. The lowest BCUT2D eigenvalue weighted by Crippen LogP contribution is -2.45.